The van der Waals surface area contributed by atoms with Crippen molar-refractivity contribution in [1.82, 2.24) is 20.5 Å². The minimum atomic E-state index is -0.230. The van der Waals surface area contributed by atoms with E-state index in [1.54, 1.807) is 0 Å². The number of hydrogen-bond acceptors (Lipinski definition) is 3. The van der Waals surface area contributed by atoms with Crippen LogP contribution in [0.4, 0.5) is 0 Å². The second-order valence-electron chi connectivity index (χ2n) is 4.92. The van der Waals surface area contributed by atoms with Gasteiger partial charge in [0.2, 0.25) is 5.82 Å². The Morgan fingerprint density at radius 3 is 2.80 bits per heavy atom. The quantitative estimate of drug-likeness (QED) is 0.846. The first-order chi connectivity index (χ1) is 9.69. The molecular formula is C15H20N4O. The summed E-state index contributed by atoms with van der Waals surface area (Å²) in [6.07, 6.45) is 2.57. The van der Waals surface area contributed by atoms with E-state index in [0.29, 0.717) is 0 Å². The Hall–Kier alpha value is -2.17. The van der Waals surface area contributed by atoms with E-state index in [9.17, 15) is 4.79 Å². The number of aromatic nitrogens is 3. The molecule has 0 aliphatic rings. The van der Waals surface area contributed by atoms with Crippen LogP contribution in [-0.2, 0) is 12.8 Å². The SMILES string of the molecule is CCCc1nc(C(=O)NC(C)Cc2ccccc2)n[nH]1. The Morgan fingerprint density at radius 1 is 1.35 bits per heavy atom. The third kappa shape index (κ3) is 3.91. The number of aromatic amines is 1. The van der Waals surface area contributed by atoms with Gasteiger partial charge in [-0.3, -0.25) is 9.89 Å². The third-order valence-corrected chi connectivity index (χ3v) is 2.98. The highest BCUT2D eigenvalue weighted by Crippen LogP contribution is 2.03. The summed E-state index contributed by atoms with van der Waals surface area (Å²) in [7, 11) is 0. The summed E-state index contributed by atoms with van der Waals surface area (Å²) in [6, 6.07) is 10.1. The highest BCUT2D eigenvalue weighted by Gasteiger charge is 2.14. The maximum absolute atomic E-state index is 12.0. The first-order valence-corrected chi connectivity index (χ1v) is 6.95. The number of amides is 1. The van der Waals surface area contributed by atoms with Crippen LogP contribution in [0.25, 0.3) is 0 Å². The summed E-state index contributed by atoms with van der Waals surface area (Å²) in [4.78, 5) is 16.2. The van der Waals surface area contributed by atoms with Gasteiger partial charge in [-0.15, -0.1) is 5.10 Å². The van der Waals surface area contributed by atoms with E-state index in [4.69, 9.17) is 0 Å². The first-order valence-electron chi connectivity index (χ1n) is 6.95. The molecule has 0 spiro atoms. The monoisotopic (exact) mass is 272 g/mol. The summed E-state index contributed by atoms with van der Waals surface area (Å²) in [5.74, 6) is 0.744. The Morgan fingerprint density at radius 2 is 2.10 bits per heavy atom. The Balaban J connectivity index is 1.90. The molecule has 2 aromatic rings. The van der Waals surface area contributed by atoms with Crippen molar-refractivity contribution in [3.63, 3.8) is 0 Å². The molecule has 1 atom stereocenters. The maximum atomic E-state index is 12.0. The van der Waals surface area contributed by atoms with E-state index in [1.807, 2.05) is 25.1 Å². The van der Waals surface area contributed by atoms with E-state index >= 15 is 0 Å². The molecular weight excluding hydrogens is 252 g/mol. The van der Waals surface area contributed by atoms with Gasteiger partial charge in [0, 0.05) is 12.5 Å². The highest BCUT2D eigenvalue weighted by atomic mass is 16.2. The predicted molar refractivity (Wildman–Crippen MR) is 77.5 cm³/mol. The van der Waals surface area contributed by atoms with Gasteiger partial charge in [0.25, 0.3) is 5.91 Å². The van der Waals surface area contributed by atoms with Crippen LogP contribution in [0.3, 0.4) is 0 Å². The fourth-order valence-electron chi connectivity index (χ4n) is 2.05. The van der Waals surface area contributed by atoms with E-state index in [1.165, 1.54) is 5.56 Å². The average molecular weight is 272 g/mol. The minimum Gasteiger partial charge on any atom is -0.346 e. The molecule has 20 heavy (non-hydrogen) atoms. The Kier molecular flexibility index (Phi) is 4.87. The van der Waals surface area contributed by atoms with Crippen LogP contribution >= 0.6 is 0 Å². The van der Waals surface area contributed by atoms with Gasteiger partial charge in [-0.2, -0.15) is 0 Å². The number of aryl methyl sites for hydroxylation is 1. The second-order valence-corrected chi connectivity index (χ2v) is 4.92. The normalized spacial score (nSPS) is 12.1. The van der Waals surface area contributed by atoms with Crippen LogP contribution in [0.2, 0.25) is 0 Å². The standard InChI is InChI=1S/C15H20N4O/c1-3-7-13-17-14(19-18-13)15(20)16-11(2)10-12-8-5-4-6-9-12/h4-6,8-9,11H,3,7,10H2,1-2H3,(H,16,20)(H,17,18,19). The number of rotatable bonds is 6. The number of hydrogen-bond donors (Lipinski definition) is 2. The lowest BCUT2D eigenvalue weighted by atomic mass is 10.1. The van der Waals surface area contributed by atoms with Gasteiger partial charge in [0.15, 0.2) is 0 Å². The molecule has 1 aromatic heterocycles. The van der Waals surface area contributed by atoms with Crippen molar-refractivity contribution < 1.29 is 4.79 Å². The minimum absolute atomic E-state index is 0.0398. The lowest BCUT2D eigenvalue weighted by Gasteiger charge is -2.12. The zero-order valence-corrected chi connectivity index (χ0v) is 11.9. The largest absolute Gasteiger partial charge is 0.346 e. The average Bonchev–Trinajstić information content (AvgIpc) is 2.89. The molecule has 0 saturated carbocycles. The summed E-state index contributed by atoms with van der Waals surface area (Å²) in [5, 5.41) is 9.65. The topological polar surface area (TPSA) is 70.7 Å². The molecule has 1 aromatic carbocycles. The van der Waals surface area contributed by atoms with Crippen LogP contribution < -0.4 is 5.32 Å². The van der Waals surface area contributed by atoms with Crippen molar-refractivity contribution in [1.29, 1.82) is 0 Å². The molecule has 0 fully saturated rings. The van der Waals surface area contributed by atoms with Gasteiger partial charge in [-0.25, -0.2) is 4.98 Å². The Labute approximate surface area is 118 Å². The Bertz CT molecular complexity index is 550. The molecule has 2 N–H and O–H groups in total. The summed E-state index contributed by atoms with van der Waals surface area (Å²) in [5.41, 5.74) is 1.20. The number of H-pyrrole nitrogens is 1. The maximum Gasteiger partial charge on any atom is 0.291 e. The number of nitrogens with one attached hydrogen (secondary N) is 2. The van der Waals surface area contributed by atoms with Crippen LogP contribution in [0.1, 0.15) is 42.3 Å². The molecule has 1 amide bonds. The number of carbonyl (C=O) groups excluding carboxylic acids is 1. The molecule has 0 bridgehead atoms. The summed E-state index contributed by atoms with van der Waals surface area (Å²) in [6.45, 7) is 4.04. The van der Waals surface area contributed by atoms with Gasteiger partial charge in [0.1, 0.15) is 5.82 Å². The van der Waals surface area contributed by atoms with Gasteiger partial charge >= 0.3 is 0 Å². The predicted octanol–water partition coefficient (Wildman–Crippen LogP) is 2.12. The summed E-state index contributed by atoms with van der Waals surface area (Å²) < 4.78 is 0. The van der Waals surface area contributed by atoms with Crippen molar-refractivity contribution in [2.45, 2.75) is 39.2 Å². The molecule has 1 unspecified atom stereocenters. The van der Waals surface area contributed by atoms with Crippen LogP contribution in [-0.4, -0.2) is 27.1 Å². The van der Waals surface area contributed by atoms with Gasteiger partial charge in [-0.1, -0.05) is 37.3 Å². The molecule has 0 aliphatic carbocycles. The molecule has 5 nitrogen and oxygen atoms in total. The van der Waals surface area contributed by atoms with Crippen molar-refractivity contribution in [2.75, 3.05) is 0 Å². The van der Waals surface area contributed by atoms with E-state index < -0.39 is 0 Å². The van der Waals surface area contributed by atoms with E-state index in [-0.39, 0.29) is 17.8 Å². The fourth-order valence-corrected chi connectivity index (χ4v) is 2.05. The van der Waals surface area contributed by atoms with Crippen molar-refractivity contribution in [2.24, 2.45) is 0 Å². The number of nitrogens with zero attached hydrogens (tertiary/aromatic N) is 2. The zero-order valence-electron chi connectivity index (χ0n) is 11.9. The molecule has 106 valence electrons. The van der Waals surface area contributed by atoms with Gasteiger partial charge < -0.3 is 5.32 Å². The molecule has 0 saturated heterocycles. The lowest BCUT2D eigenvalue weighted by Crippen LogP contribution is -2.34. The molecule has 5 heteroatoms. The summed E-state index contributed by atoms with van der Waals surface area (Å²) >= 11 is 0. The third-order valence-electron chi connectivity index (χ3n) is 2.98. The molecule has 1 heterocycles. The van der Waals surface area contributed by atoms with Crippen LogP contribution in [0, 0.1) is 0 Å². The number of carbonyl (C=O) groups is 1. The van der Waals surface area contributed by atoms with Crippen LogP contribution in [0.5, 0.6) is 0 Å². The van der Waals surface area contributed by atoms with Crippen molar-refractivity contribution in [3.05, 3.63) is 47.5 Å². The smallest absolute Gasteiger partial charge is 0.291 e. The van der Waals surface area contributed by atoms with Gasteiger partial charge in [-0.05, 0) is 25.3 Å². The first kappa shape index (κ1) is 14.2. The van der Waals surface area contributed by atoms with Gasteiger partial charge in [0.05, 0.1) is 0 Å². The lowest BCUT2D eigenvalue weighted by molar-refractivity contribution is 0.0930. The van der Waals surface area contributed by atoms with E-state index in [2.05, 4.69) is 39.6 Å². The fraction of sp³-hybridized carbons (Fsp3) is 0.400. The van der Waals surface area contributed by atoms with Crippen molar-refractivity contribution >= 4 is 5.91 Å². The molecule has 0 aliphatic heterocycles. The molecule has 0 radical (unpaired) electrons. The second kappa shape index (κ2) is 6.84. The van der Waals surface area contributed by atoms with E-state index in [0.717, 1.165) is 25.1 Å². The van der Waals surface area contributed by atoms with Crippen LogP contribution in [0.15, 0.2) is 30.3 Å². The molecule has 2 rings (SSSR count). The zero-order chi connectivity index (χ0) is 14.4. The highest BCUT2D eigenvalue weighted by molar-refractivity contribution is 5.90. The number of benzene rings is 1. The van der Waals surface area contributed by atoms with Crippen molar-refractivity contribution in [3.8, 4) is 0 Å².